The zero-order chi connectivity index (χ0) is 15.7. The maximum atomic E-state index is 10.7. The first-order valence-corrected chi connectivity index (χ1v) is 5.38. The molecule has 0 radical (unpaired) electrons. The van der Waals surface area contributed by atoms with Crippen molar-refractivity contribution in [3.63, 3.8) is 0 Å². The number of rotatable bonds is 11. The molecule has 0 aliphatic heterocycles. The summed E-state index contributed by atoms with van der Waals surface area (Å²) in [6.45, 7) is 2.91. The van der Waals surface area contributed by atoms with E-state index >= 15 is 0 Å². The molecule has 0 aromatic heterocycles. The van der Waals surface area contributed by atoms with Crippen molar-refractivity contribution in [2.75, 3.05) is 13.1 Å². The molecule has 0 aliphatic rings. The largest absolute Gasteiger partial charge is 1.00 e. The number of nitrogens with one attached hydrogen (secondary N) is 2. The van der Waals surface area contributed by atoms with E-state index in [0.29, 0.717) is 0 Å². The maximum absolute atomic E-state index is 10.7. The molecule has 0 saturated heterocycles. The molecular formula is C10H13N2Na3O8. The van der Waals surface area contributed by atoms with Gasteiger partial charge in [0.25, 0.3) is 0 Å². The minimum atomic E-state index is -1.63. The molecule has 0 bridgehead atoms. The molecule has 0 aliphatic carbocycles. The molecule has 0 amide bonds. The van der Waals surface area contributed by atoms with E-state index in [-0.39, 0.29) is 102 Å². The Kier molecular flexibility index (Phi) is 24.2. The number of carbonyl (C=O) groups excluding carboxylic acids is 2. The summed E-state index contributed by atoms with van der Waals surface area (Å²) in [4.78, 5) is 35.0. The van der Waals surface area contributed by atoms with Gasteiger partial charge in [0.1, 0.15) is 5.76 Å². The first-order valence-electron chi connectivity index (χ1n) is 5.38. The Bertz CT molecular complexity index is 396. The molecule has 0 spiro atoms. The molecule has 0 heterocycles. The summed E-state index contributed by atoms with van der Waals surface area (Å²) in [6, 6.07) is -2.93. The number of carboxylic acids is 3. The normalized spacial score (nSPS) is 11.5. The van der Waals surface area contributed by atoms with Crippen molar-refractivity contribution >= 4 is 17.9 Å². The van der Waals surface area contributed by atoms with Gasteiger partial charge in [0, 0.05) is 25.5 Å². The van der Waals surface area contributed by atoms with Crippen LogP contribution in [0.3, 0.4) is 0 Å². The van der Waals surface area contributed by atoms with E-state index in [4.69, 9.17) is 5.11 Å². The van der Waals surface area contributed by atoms with Crippen molar-refractivity contribution in [2.45, 2.75) is 18.5 Å². The molecule has 10 nitrogen and oxygen atoms in total. The first kappa shape index (κ1) is 31.6. The fraction of sp³-hybridized carbons (Fsp3) is 0.500. The summed E-state index contributed by atoms with van der Waals surface area (Å²) in [7, 11) is 0. The van der Waals surface area contributed by atoms with Gasteiger partial charge >= 0.3 is 94.6 Å². The van der Waals surface area contributed by atoms with Gasteiger partial charge < -0.3 is 40.4 Å². The topological polar surface area (TPSA) is 174 Å². The molecule has 0 aromatic carbocycles. The third-order valence-electron chi connectivity index (χ3n) is 2.20. The van der Waals surface area contributed by atoms with Gasteiger partial charge in [-0.25, -0.2) is 0 Å². The third-order valence-corrected chi connectivity index (χ3v) is 2.20. The minimum absolute atomic E-state index is 0. The molecule has 2 unspecified atom stereocenters. The molecular weight excluding hydrogens is 345 g/mol. The van der Waals surface area contributed by atoms with Crippen LogP contribution in [0.1, 0.15) is 6.42 Å². The average Bonchev–Trinajstić information content (AvgIpc) is 2.35. The molecule has 2 atom stereocenters. The number of carboxylic acid groups (broad SMARTS) is 3. The molecule has 13 heteroatoms. The Morgan fingerprint density at radius 2 is 1.57 bits per heavy atom. The quantitative estimate of drug-likeness (QED) is 0.106. The molecule has 23 heavy (non-hydrogen) atoms. The molecule has 3 N–H and O–H groups in total. The van der Waals surface area contributed by atoms with Crippen LogP contribution in [0.5, 0.6) is 0 Å². The summed E-state index contributed by atoms with van der Waals surface area (Å²) in [6.07, 6.45) is -0.791. The van der Waals surface area contributed by atoms with E-state index in [2.05, 4.69) is 22.1 Å². The number of carbonyl (C=O) groups is 3. The first-order chi connectivity index (χ1) is 9.29. The summed E-state index contributed by atoms with van der Waals surface area (Å²) in [5, 5.41) is 44.3. The summed E-state index contributed by atoms with van der Waals surface area (Å²) in [5.41, 5.74) is 0. The van der Waals surface area contributed by atoms with Gasteiger partial charge in [0.2, 0.25) is 0 Å². The van der Waals surface area contributed by atoms with Gasteiger partial charge in [-0.05, 0) is 0 Å². The van der Waals surface area contributed by atoms with Crippen LogP contribution in [0.25, 0.3) is 0 Å². The zero-order valence-electron chi connectivity index (χ0n) is 13.3. The van der Waals surface area contributed by atoms with Crippen molar-refractivity contribution in [3.8, 4) is 0 Å². The van der Waals surface area contributed by atoms with Crippen LogP contribution >= 0.6 is 0 Å². The fourth-order valence-corrected chi connectivity index (χ4v) is 1.26. The third kappa shape index (κ3) is 14.8. The van der Waals surface area contributed by atoms with Gasteiger partial charge in [-0.3, -0.25) is 10.1 Å². The molecule has 0 rings (SSSR count). The van der Waals surface area contributed by atoms with Crippen molar-refractivity contribution in [1.29, 1.82) is 0 Å². The van der Waals surface area contributed by atoms with E-state index in [1.165, 1.54) is 0 Å². The van der Waals surface area contributed by atoms with Gasteiger partial charge in [-0.1, -0.05) is 6.58 Å². The van der Waals surface area contributed by atoms with Crippen LogP contribution in [0.2, 0.25) is 0 Å². The maximum Gasteiger partial charge on any atom is 1.00 e. The van der Waals surface area contributed by atoms with E-state index in [0.717, 1.165) is 0 Å². The number of aliphatic carboxylic acids is 3. The Morgan fingerprint density at radius 1 is 1.09 bits per heavy atom. The van der Waals surface area contributed by atoms with Gasteiger partial charge in [-0.15, -0.1) is 0 Å². The van der Waals surface area contributed by atoms with Gasteiger partial charge in [0.15, 0.2) is 6.04 Å². The minimum Gasteiger partial charge on any atom is -0.664 e. The number of hydrogen-bond donors (Lipinski definition) is 3. The van der Waals surface area contributed by atoms with E-state index in [1.54, 1.807) is 0 Å². The summed E-state index contributed by atoms with van der Waals surface area (Å²) < 4.78 is 0. The summed E-state index contributed by atoms with van der Waals surface area (Å²) in [5.74, 6) is -5.17. The van der Waals surface area contributed by atoms with Crippen molar-refractivity contribution in [1.82, 2.24) is 10.6 Å². The van der Waals surface area contributed by atoms with Crippen molar-refractivity contribution in [2.24, 2.45) is 0 Å². The van der Waals surface area contributed by atoms with Crippen LogP contribution in [0, 0.1) is 0 Å². The second-order valence-electron chi connectivity index (χ2n) is 3.68. The Hall–Kier alpha value is 0.830. The van der Waals surface area contributed by atoms with Crippen LogP contribution in [-0.2, 0) is 19.3 Å². The summed E-state index contributed by atoms with van der Waals surface area (Å²) >= 11 is 0. The van der Waals surface area contributed by atoms with Crippen LogP contribution < -0.4 is 115 Å². The predicted molar refractivity (Wildman–Crippen MR) is 56.1 cm³/mol. The van der Waals surface area contributed by atoms with E-state index < -0.39 is 42.2 Å². The molecule has 0 aromatic rings. The Balaban J connectivity index is -0.000000602. The van der Waals surface area contributed by atoms with Gasteiger partial charge in [0.05, 0.1) is 12.0 Å². The second-order valence-corrected chi connectivity index (χ2v) is 3.68. The van der Waals surface area contributed by atoms with Crippen molar-refractivity contribution < 1.29 is 129 Å². The zero-order valence-corrected chi connectivity index (χ0v) is 19.3. The second kappa shape index (κ2) is 17.6. The Labute approximate surface area is 198 Å². The van der Waals surface area contributed by atoms with Crippen LogP contribution in [-0.4, -0.2) is 48.2 Å². The fourth-order valence-electron chi connectivity index (χ4n) is 1.26. The van der Waals surface area contributed by atoms with Gasteiger partial charge in [-0.2, -0.15) is 0 Å². The Morgan fingerprint density at radius 3 is 1.91 bits per heavy atom. The average molecular weight is 358 g/mol. The number of hydrogen-bond acceptors (Lipinski definition) is 9. The van der Waals surface area contributed by atoms with E-state index in [9.17, 15) is 29.9 Å². The molecule has 0 saturated carbocycles. The predicted octanol–water partition coefficient (Wildman–Crippen LogP) is -14.3. The molecule has 0 fully saturated rings. The molecule has 114 valence electrons. The van der Waals surface area contributed by atoms with E-state index in [1.807, 2.05) is 0 Å². The van der Waals surface area contributed by atoms with Crippen LogP contribution in [0.4, 0.5) is 0 Å². The SMILES string of the molecule is C=C(O[O-])C(NCCNC(CC(=O)[O-])C(=O)[O-])C(=O)O.[Na+].[Na+].[Na+]. The monoisotopic (exact) mass is 358 g/mol. The standard InChI is InChI=1S/C10H16N2O8.3Na/c1-5(20-19)8(10(17)18)12-3-2-11-6(9(15)16)4-7(13)14;;;/h6,8,11-12,19H,1-4H2,(H,13,14)(H,15,16)(H,17,18);;;/q;3*+1/p-3. The van der Waals surface area contributed by atoms with Crippen LogP contribution in [0.15, 0.2) is 12.3 Å². The van der Waals surface area contributed by atoms with Crippen molar-refractivity contribution in [3.05, 3.63) is 12.3 Å². The smallest absolute Gasteiger partial charge is 0.664 e.